The van der Waals surface area contributed by atoms with Crippen LogP contribution in [-0.2, 0) is 10.8 Å². The van der Waals surface area contributed by atoms with E-state index in [0.29, 0.717) is 0 Å². The summed E-state index contributed by atoms with van der Waals surface area (Å²) in [5, 5.41) is 4.52. The van der Waals surface area contributed by atoms with Gasteiger partial charge in [0.2, 0.25) is 0 Å². The molecule has 62 heavy (non-hydrogen) atoms. The van der Waals surface area contributed by atoms with Gasteiger partial charge in [0.05, 0.1) is 5.69 Å². The maximum Gasteiger partial charge on any atom is 0.252 e. The molecule has 12 rings (SSSR count). The maximum absolute atomic E-state index is 6.81. The summed E-state index contributed by atoms with van der Waals surface area (Å²) in [5.74, 6) is 0. The van der Waals surface area contributed by atoms with Crippen molar-refractivity contribution in [1.82, 2.24) is 0 Å². The summed E-state index contributed by atoms with van der Waals surface area (Å²) in [7, 11) is 0. The van der Waals surface area contributed by atoms with E-state index in [1.165, 1.54) is 55.8 Å². The van der Waals surface area contributed by atoms with Crippen molar-refractivity contribution in [2.24, 2.45) is 0 Å². The van der Waals surface area contributed by atoms with Crippen molar-refractivity contribution in [2.75, 3.05) is 9.80 Å². The molecule has 8 aromatic carbocycles. The number of hydrogen-bond acceptors (Lipinski definition) is 4. The molecule has 0 unspecified atom stereocenters. The molecule has 0 fully saturated rings. The summed E-state index contributed by atoms with van der Waals surface area (Å²) < 4.78 is 13.3. The van der Waals surface area contributed by atoms with E-state index in [-0.39, 0.29) is 17.5 Å². The van der Waals surface area contributed by atoms with Crippen molar-refractivity contribution in [3.05, 3.63) is 174 Å². The lowest BCUT2D eigenvalue weighted by Gasteiger charge is -2.45. The van der Waals surface area contributed by atoms with E-state index in [1.807, 2.05) is 6.07 Å². The Morgan fingerprint density at radius 3 is 1.56 bits per heavy atom. The van der Waals surface area contributed by atoms with Crippen LogP contribution in [0.25, 0.3) is 55.0 Å². The number of para-hydroxylation sites is 4. The maximum atomic E-state index is 6.81. The molecule has 2 aromatic heterocycles. The Kier molecular flexibility index (Phi) is 7.73. The van der Waals surface area contributed by atoms with Gasteiger partial charge in [-0.15, -0.1) is 0 Å². The van der Waals surface area contributed by atoms with Gasteiger partial charge in [0.1, 0.15) is 16.7 Å². The minimum Gasteiger partial charge on any atom is -0.455 e. The molecule has 300 valence electrons. The molecular formula is C57H47BN2O2. The number of rotatable bonds is 3. The highest BCUT2D eigenvalue weighted by atomic mass is 16.3. The number of furan rings is 2. The Morgan fingerprint density at radius 2 is 0.952 bits per heavy atom. The van der Waals surface area contributed by atoms with Gasteiger partial charge in [0.15, 0.2) is 5.58 Å². The fourth-order valence-electron chi connectivity index (χ4n) is 10.3. The summed E-state index contributed by atoms with van der Waals surface area (Å²) in [6.07, 6.45) is 0. The zero-order chi connectivity index (χ0) is 42.2. The Balaban J connectivity index is 1.12. The Morgan fingerprint density at radius 1 is 0.435 bits per heavy atom. The van der Waals surface area contributed by atoms with Gasteiger partial charge in [-0.25, -0.2) is 0 Å². The summed E-state index contributed by atoms with van der Waals surface area (Å²) in [6.45, 7) is 16.2. The Labute approximate surface area is 363 Å². The first-order valence-electron chi connectivity index (χ1n) is 21.9. The average Bonchev–Trinajstić information content (AvgIpc) is 3.84. The van der Waals surface area contributed by atoms with E-state index in [1.54, 1.807) is 0 Å². The highest BCUT2D eigenvalue weighted by Gasteiger charge is 2.44. The second-order valence-corrected chi connectivity index (χ2v) is 19.4. The van der Waals surface area contributed by atoms with Gasteiger partial charge in [-0.2, -0.15) is 0 Å². The molecule has 0 N–H and O–H groups in total. The minimum absolute atomic E-state index is 0.00235. The van der Waals surface area contributed by atoms with Gasteiger partial charge in [-0.05, 0) is 111 Å². The second kappa shape index (κ2) is 13.0. The average molecular weight is 803 g/mol. The second-order valence-electron chi connectivity index (χ2n) is 19.4. The molecule has 0 spiro atoms. The molecule has 5 heteroatoms. The van der Waals surface area contributed by atoms with Crippen molar-refractivity contribution >= 4 is 101 Å². The van der Waals surface area contributed by atoms with Crippen LogP contribution >= 0.6 is 0 Å². The summed E-state index contributed by atoms with van der Waals surface area (Å²) in [5.41, 5.74) is 20.4. The molecular weight excluding hydrogens is 755 g/mol. The number of aryl methyl sites for hydroxylation is 1. The van der Waals surface area contributed by atoms with E-state index < -0.39 is 0 Å². The van der Waals surface area contributed by atoms with Crippen LogP contribution in [0.5, 0.6) is 0 Å². The van der Waals surface area contributed by atoms with Crippen molar-refractivity contribution in [1.29, 1.82) is 0 Å². The molecule has 4 heterocycles. The SMILES string of the molecule is Cc1cc2c3c(c1)N(c1cccc4c1oc1ccccc14)c1ccc(C(C)(C)C)cc1B3c1cc(C(C)(C)C)ccc1N2c1ccc(-c2cccc3c2oc2ccccc23)cc1. The van der Waals surface area contributed by atoms with Gasteiger partial charge in [0.25, 0.3) is 6.71 Å². The van der Waals surface area contributed by atoms with Crippen molar-refractivity contribution < 1.29 is 8.83 Å². The molecule has 0 atom stereocenters. The van der Waals surface area contributed by atoms with Gasteiger partial charge >= 0.3 is 0 Å². The minimum atomic E-state index is -0.0414. The lowest BCUT2D eigenvalue weighted by atomic mass is 9.33. The number of benzene rings is 8. The quantitative estimate of drug-likeness (QED) is 0.167. The molecule has 0 saturated carbocycles. The molecule has 0 radical (unpaired) electrons. The van der Waals surface area contributed by atoms with Gasteiger partial charge < -0.3 is 18.6 Å². The van der Waals surface area contributed by atoms with Gasteiger partial charge in [-0.3, -0.25) is 0 Å². The summed E-state index contributed by atoms with van der Waals surface area (Å²) in [4.78, 5) is 5.00. The first-order chi connectivity index (χ1) is 29.9. The zero-order valence-electron chi connectivity index (χ0n) is 36.3. The number of nitrogens with zero attached hydrogens (tertiary/aromatic N) is 2. The van der Waals surface area contributed by atoms with Crippen molar-refractivity contribution in [3.8, 4) is 11.1 Å². The van der Waals surface area contributed by atoms with Crippen LogP contribution in [0.3, 0.4) is 0 Å². The third-order valence-corrected chi connectivity index (χ3v) is 13.4. The predicted octanol–water partition coefficient (Wildman–Crippen LogP) is 14.1. The number of fused-ring (bicyclic) bond motifs is 10. The lowest BCUT2D eigenvalue weighted by molar-refractivity contribution is 0.590. The van der Waals surface area contributed by atoms with Crippen LogP contribution in [0.4, 0.5) is 34.1 Å². The fourth-order valence-corrected chi connectivity index (χ4v) is 10.3. The van der Waals surface area contributed by atoms with E-state index in [4.69, 9.17) is 8.83 Å². The van der Waals surface area contributed by atoms with Crippen LogP contribution in [0.15, 0.2) is 167 Å². The third kappa shape index (κ3) is 5.40. The smallest absolute Gasteiger partial charge is 0.252 e. The number of anilines is 6. The van der Waals surface area contributed by atoms with Gasteiger partial charge in [-0.1, -0.05) is 145 Å². The topological polar surface area (TPSA) is 32.8 Å². The summed E-state index contributed by atoms with van der Waals surface area (Å²) >= 11 is 0. The van der Waals surface area contributed by atoms with Crippen LogP contribution in [-0.4, -0.2) is 6.71 Å². The molecule has 0 amide bonds. The molecule has 0 saturated heterocycles. The third-order valence-electron chi connectivity index (χ3n) is 13.4. The van der Waals surface area contributed by atoms with E-state index in [9.17, 15) is 0 Å². The molecule has 0 aliphatic carbocycles. The first-order valence-corrected chi connectivity index (χ1v) is 21.9. The molecule has 4 nitrogen and oxygen atoms in total. The molecule has 2 aliphatic heterocycles. The van der Waals surface area contributed by atoms with Gasteiger partial charge in [0, 0.05) is 55.5 Å². The van der Waals surface area contributed by atoms with Crippen LogP contribution in [0, 0.1) is 6.92 Å². The fraction of sp³-hybridized carbons (Fsp3) is 0.158. The van der Waals surface area contributed by atoms with Crippen molar-refractivity contribution in [3.63, 3.8) is 0 Å². The zero-order valence-corrected chi connectivity index (χ0v) is 36.3. The number of hydrogen-bond donors (Lipinski definition) is 0. The monoisotopic (exact) mass is 802 g/mol. The Hall–Kier alpha value is -6.98. The predicted molar refractivity (Wildman–Crippen MR) is 263 cm³/mol. The standard InChI is InChI=1S/C57H47BN2O2/c1-34-30-49-53-50(31-34)60(48-19-13-18-43-41-15-9-11-21-52(41)62-55(43)48)47-29-25-37(57(5,6)7)33-45(47)58(53)44-32-36(56(2,3)4)24-28-46(44)59(49)38-26-22-35(23-27-38)39-16-12-17-42-40-14-8-10-20-51(40)61-54(39)42/h8-33H,1-7H3. The lowest BCUT2D eigenvalue weighted by Crippen LogP contribution is -2.61. The molecule has 0 bridgehead atoms. The van der Waals surface area contributed by atoms with E-state index in [0.717, 1.165) is 66.4 Å². The van der Waals surface area contributed by atoms with Crippen molar-refractivity contribution in [2.45, 2.75) is 59.3 Å². The first kappa shape index (κ1) is 36.8. The van der Waals surface area contributed by atoms with Crippen LogP contribution < -0.4 is 26.2 Å². The van der Waals surface area contributed by atoms with E-state index >= 15 is 0 Å². The molecule has 10 aromatic rings. The Bertz CT molecular complexity index is 3470. The highest BCUT2D eigenvalue weighted by molar-refractivity contribution is 7.00. The highest BCUT2D eigenvalue weighted by Crippen LogP contribution is 2.48. The van der Waals surface area contributed by atoms with Crippen LogP contribution in [0.1, 0.15) is 58.2 Å². The normalized spacial score (nSPS) is 13.6. The summed E-state index contributed by atoms with van der Waals surface area (Å²) in [6, 6.07) is 58.1. The van der Waals surface area contributed by atoms with Crippen LogP contribution in [0.2, 0.25) is 0 Å². The largest absolute Gasteiger partial charge is 0.455 e. The molecule has 2 aliphatic rings. The van der Waals surface area contributed by atoms with E-state index in [2.05, 4.69) is 210 Å².